The average Bonchev–Trinajstić information content (AvgIpc) is 2.26. The summed E-state index contributed by atoms with van der Waals surface area (Å²) in [4.78, 5) is 12.3. The number of nitrogens with one attached hydrogen (secondary N) is 1. The maximum absolute atomic E-state index is 12.3. The van der Waals surface area contributed by atoms with Crippen molar-refractivity contribution in [2.75, 3.05) is 5.73 Å². The molecule has 1 aromatic rings. The van der Waals surface area contributed by atoms with E-state index in [0.29, 0.717) is 16.7 Å². The van der Waals surface area contributed by atoms with Crippen LogP contribution in [0.4, 0.5) is 5.69 Å². The van der Waals surface area contributed by atoms with Crippen LogP contribution in [0.2, 0.25) is 0 Å². The van der Waals surface area contributed by atoms with Crippen molar-refractivity contribution in [3.05, 3.63) is 29.3 Å². The van der Waals surface area contributed by atoms with Crippen LogP contribution in [0.25, 0.3) is 0 Å². The fourth-order valence-electron chi connectivity index (χ4n) is 3.03. The lowest BCUT2D eigenvalue weighted by Gasteiger charge is -2.35. The van der Waals surface area contributed by atoms with Gasteiger partial charge in [0.2, 0.25) is 0 Å². The predicted molar refractivity (Wildman–Crippen MR) is 79.1 cm³/mol. The molecule has 0 heterocycles. The number of carbonyl (C=O) groups excluding carboxylic acids is 1. The lowest BCUT2D eigenvalue weighted by molar-refractivity contribution is 0.0902. The molecule has 2 rings (SSSR count). The summed E-state index contributed by atoms with van der Waals surface area (Å²) in [6.07, 6.45) is 4.57. The number of nitrogen functional groups attached to an aromatic ring is 1. The molecule has 1 aliphatic rings. The van der Waals surface area contributed by atoms with Crippen molar-refractivity contribution in [1.82, 2.24) is 5.32 Å². The van der Waals surface area contributed by atoms with Gasteiger partial charge in [-0.25, -0.2) is 0 Å². The third-order valence-electron chi connectivity index (χ3n) is 3.90. The number of carbonyl (C=O) groups is 1. The Labute approximate surface area is 115 Å². The highest BCUT2D eigenvalue weighted by molar-refractivity contribution is 5.95. The summed E-state index contributed by atoms with van der Waals surface area (Å²) in [5, 5.41) is 3.15. The number of benzene rings is 1. The number of hydrogen-bond acceptors (Lipinski definition) is 2. The number of nitrogens with two attached hydrogens (primary N) is 1. The van der Waals surface area contributed by atoms with Crippen molar-refractivity contribution >= 4 is 11.6 Å². The van der Waals surface area contributed by atoms with Crippen LogP contribution in [-0.2, 0) is 0 Å². The molecule has 0 aliphatic heterocycles. The quantitative estimate of drug-likeness (QED) is 0.802. The van der Waals surface area contributed by atoms with Crippen LogP contribution < -0.4 is 11.1 Å². The van der Waals surface area contributed by atoms with E-state index in [1.54, 1.807) is 6.07 Å². The van der Waals surface area contributed by atoms with Gasteiger partial charge in [0.05, 0.1) is 0 Å². The second-order valence-electron chi connectivity index (χ2n) is 6.56. The van der Waals surface area contributed by atoms with Crippen molar-refractivity contribution in [3.8, 4) is 0 Å². The molecule has 0 saturated heterocycles. The first kappa shape index (κ1) is 13.9. The van der Waals surface area contributed by atoms with Gasteiger partial charge < -0.3 is 11.1 Å². The first-order chi connectivity index (χ1) is 8.85. The number of aryl methyl sites for hydroxylation is 1. The zero-order chi connectivity index (χ0) is 14.0. The van der Waals surface area contributed by atoms with Crippen LogP contribution in [-0.4, -0.2) is 11.9 Å². The van der Waals surface area contributed by atoms with Gasteiger partial charge in [0.1, 0.15) is 0 Å². The maximum Gasteiger partial charge on any atom is 0.251 e. The number of rotatable bonds is 2. The molecular weight excluding hydrogens is 236 g/mol. The Morgan fingerprint density at radius 2 is 2.11 bits per heavy atom. The van der Waals surface area contributed by atoms with Crippen LogP contribution in [0.15, 0.2) is 18.2 Å². The van der Waals surface area contributed by atoms with Crippen LogP contribution in [0.1, 0.15) is 55.5 Å². The van der Waals surface area contributed by atoms with Gasteiger partial charge in [-0.2, -0.15) is 0 Å². The predicted octanol–water partition coefficient (Wildman–Crippen LogP) is 3.28. The smallest absolute Gasteiger partial charge is 0.251 e. The van der Waals surface area contributed by atoms with E-state index in [-0.39, 0.29) is 11.9 Å². The van der Waals surface area contributed by atoms with E-state index in [4.69, 9.17) is 5.73 Å². The molecule has 0 radical (unpaired) electrons. The SMILES string of the molecule is Cc1cc(N)cc(C(=O)NC2CCCC(C)(C)C2)c1. The Hall–Kier alpha value is -1.51. The zero-order valence-corrected chi connectivity index (χ0v) is 12.1. The topological polar surface area (TPSA) is 55.1 Å². The van der Waals surface area contributed by atoms with E-state index in [0.717, 1.165) is 18.4 Å². The molecule has 0 bridgehead atoms. The zero-order valence-electron chi connectivity index (χ0n) is 12.1. The molecule has 1 amide bonds. The van der Waals surface area contributed by atoms with Gasteiger partial charge in [-0.15, -0.1) is 0 Å². The Morgan fingerprint density at radius 3 is 2.74 bits per heavy atom. The molecule has 0 aromatic heterocycles. The second kappa shape index (κ2) is 5.24. The monoisotopic (exact) mass is 260 g/mol. The van der Waals surface area contributed by atoms with Gasteiger partial charge >= 0.3 is 0 Å². The molecule has 1 atom stereocenters. The van der Waals surface area contributed by atoms with Gasteiger partial charge in [-0.3, -0.25) is 4.79 Å². The lowest BCUT2D eigenvalue weighted by atomic mass is 9.75. The third-order valence-corrected chi connectivity index (χ3v) is 3.90. The number of hydrogen-bond donors (Lipinski definition) is 2. The van der Waals surface area contributed by atoms with Crippen molar-refractivity contribution in [2.45, 2.75) is 52.5 Å². The standard InChI is InChI=1S/C16H24N2O/c1-11-7-12(9-13(17)8-11)15(19)18-14-5-4-6-16(2,3)10-14/h7-9,14H,4-6,10,17H2,1-3H3,(H,18,19). The summed E-state index contributed by atoms with van der Waals surface area (Å²) in [5.74, 6) is -0.00176. The van der Waals surface area contributed by atoms with Crippen molar-refractivity contribution in [3.63, 3.8) is 0 Å². The summed E-state index contributed by atoms with van der Waals surface area (Å²) in [6, 6.07) is 5.80. The van der Waals surface area contributed by atoms with E-state index in [9.17, 15) is 4.79 Å². The number of anilines is 1. The third kappa shape index (κ3) is 3.72. The molecule has 3 heteroatoms. The minimum atomic E-state index is -0.00176. The van der Waals surface area contributed by atoms with Crippen molar-refractivity contribution < 1.29 is 4.79 Å². The van der Waals surface area contributed by atoms with Gasteiger partial charge in [0.15, 0.2) is 0 Å². The minimum absolute atomic E-state index is 0.00176. The largest absolute Gasteiger partial charge is 0.399 e. The highest BCUT2D eigenvalue weighted by atomic mass is 16.1. The van der Waals surface area contributed by atoms with E-state index in [1.807, 2.05) is 19.1 Å². The summed E-state index contributed by atoms with van der Waals surface area (Å²) in [6.45, 7) is 6.50. The van der Waals surface area contributed by atoms with E-state index >= 15 is 0 Å². The Bertz CT molecular complexity index is 459. The lowest BCUT2D eigenvalue weighted by Crippen LogP contribution is -2.40. The molecule has 3 N–H and O–H groups in total. The minimum Gasteiger partial charge on any atom is -0.399 e. The van der Waals surface area contributed by atoms with Crippen LogP contribution in [0.3, 0.4) is 0 Å². The molecule has 104 valence electrons. The molecule has 1 aliphatic carbocycles. The highest BCUT2D eigenvalue weighted by Crippen LogP contribution is 2.35. The van der Waals surface area contributed by atoms with Crippen molar-refractivity contribution in [1.29, 1.82) is 0 Å². The normalized spacial score (nSPS) is 21.9. The fraction of sp³-hybridized carbons (Fsp3) is 0.562. The molecule has 1 unspecified atom stereocenters. The molecular formula is C16H24N2O. The summed E-state index contributed by atoms with van der Waals surface area (Å²) in [7, 11) is 0. The molecule has 3 nitrogen and oxygen atoms in total. The fourth-order valence-corrected chi connectivity index (χ4v) is 3.03. The van der Waals surface area contributed by atoms with Gasteiger partial charge in [-0.1, -0.05) is 20.3 Å². The van der Waals surface area contributed by atoms with Gasteiger partial charge in [0, 0.05) is 17.3 Å². The van der Waals surface area contributed by atoms with Crippen LogP contribution in [0.5, 0.6) is 0 Å². The first-order valence-electron chi connectivity index (χ1n) is 7.04. The first-order valence-corrected chi connectivity index (χ1v) is 7.04. The molecule has 1 aromatic carbocycles. The molecule has 1 fully saturated rings. The van der Waals surface area contributed by atoms with E-state index in [1.165, 1.54) is 12.8 Å². The second-order valence-corrected chi connectivity index (χ2v) is 6.56. The van der Waals surface area contributed by atoms with E-state index in [2.05, 4.69) is 19.2 Å². The Balaban J connectivity index is 2.04. The molecule has 1 saturated carbocycles. The van der Waals surface area contributed by atoms with Crippen LogP contribution >= 0.6 is 0 Å². The van der Waals surface area contributed by atoms with Gasteiger partial charge in [-0.05, 0) is 55.4 Å². The Morgan fingerprint density at radius 1 is 1.37 bits per heavy atom. The number of amides is 1. The summed E-state index contributed by atoms with van der Waals surface area (Å²) in [5.41, 5.74) is 8.47. The highest BCUT2D eigenvalue weighted by Gasteiger charge is 2.28. The molecule has 0 spiro atoms. The summed E-state index contributed by atoms with van der Waals surface area (Å²) < 4.78 is 0. The average molecular weight is 260 g/mol. The van der Waals surface area contributed by atoms with E-state index < -0.39 is 0 Å². The van der Waals surface area contributed by atoms with Crippen molar-refractivity contribution in [2.24, 2.45) is 5.41 Å². The van der Waals surface area contributed by atoms with Crippen LogP contribution in [0, 0.1) is 12.3 Å². The van der Waals surface area contributed by atoms with Gasteiger partial charge in [0.25, 0.3) is 5.91 Å². The Kier molecular flexibility index (Phi) is 3.83. The summed E-state index contributed by atoms with van der Waals surface area (Å²) >= 11 is 0. The molecule has 19 heavy (non-hydrogen) atoms. The maximum atomic E-state index is 12.3.